The van der Waals surface area contributed by atoms with Gasteiger partial charge in [-0.15, -0.1) is 23.5 Å². The summed E-state index contributed by atoms with van der Waals surface area (Å²) in [6.07, 6.45) is 2.01. The molecule has 2 atom stereocenters. The molecule has 2 aromatic rings. The van der Waals surface area contributed by atoms with Crippen LogP contribution in [0, 0.1) is 5.92 Å². The third kappa shape index (κ3) is 5.48. The monoisotopic (exact) mass is 430 g/mol. The normalized spacial score (nSPS) is 18.7. The first-order valence-corrected chi connectivity index (χ1v) is 11.8. The maximum atomic E-state index is 13.2. The van der Waals surface area contributed by atoms with Crippen LogP contribution in [0.1, 0.15) is 24.8 Å². The molecule has 3 rings (SSSR count). The molecule has 2 unspecified atom stereocenters. The van der Waals surface area contributed by atoms with Gasteiger partial charge in [0.1, 0.15) is 11.4 Å². The second-order valence-corrected chi connectivity index (χ2v) is 9.19. The highest BCUT2D eigenvalue weighted by Crippen LogP contribution is 2.42. The molecule has 0 radical (unpaired) electrons. The molecule has 1 aliphatic heterocycles. The predicted molar refractivity (Wildman–Crippen MR) is 120 cm³/mol. The number of nitrogens with one attached hydrogen (secondary N) is 1. The molecule has 5 nitrogen and oxygen atoms in total. The van der Waals surface area contributed by atoms with Gasteiger partial charge in [-0.05, 0) is 42.0 Å². The molecular weight excluding hydrogens is 404 g/mol. The molecule has 1 heterocycles. The van der Waals surface area contributed by atoms with Crippen molar-refractivity contribution in [1.29, 1.82) is 0 Å². The highest BCUT2D eigenvalue weighted by Gasteiger charge is 2.43. The number of rotatable bonds is 6. The van der Waals surface area contributed by atoms with Crippen molar-refractivity contribution in [3.8, 4) is 0 Å². The molecule has 29 heavy (non-hydrogen) atoms. The average molecular weight is 431 g/mol. The molecule has 0 saturated carbocycles. The summed E-state index contributed by atoms with van der Waals surface area (Å²) in [5.74, 6) is 0.405. The minimum absolute atomic E-state index is 0.238. The summed E-state index contributed by atoms with van der Waals surface area (Å²) < 4.78 is 5.46. The summed E-state index contributed by atoms with van der Waals surface area (Å²) in [5.41, 5.74) is 1.69. The maximum absolute atomic E-state index is 13.2. The fourth-order valence-corrected chi connectivity index (χ4v) is 4.84. The van der Waals surface area contributed by atoms with Crippen molar-refractivity contribution in [2.75, 3.05) is 23.9 Å². The van der Waals surface area contributed by atoms with E-state index in [0.717, 1.165) is 10.5 Å². The summed E-state index contributed by atoms with van der Waals surface area (Å²) in [6, 6.07) is 16.5. The molecule has 2 aromatic carbocycles. The van der Waals surface area contributed by atoms with Gasteiger partial charge in [-0.25, -0.2) is 9.59 Å². The zero-order valence-corrected chi connectivity index (χ0v) is 18.5. The van der Waals surface area contributed by atoms with E-state index in [0.29, 0.717) is 18.0 Å². The number of carbonyl (C=O) groups is 2. The molecule has 1 N–H and O–H groups in total. The zero-order valence-electron chi connectivity index (χ0n) is 16.8. The maximum Gasteiger partial charge on any atom is 0.329 e. The first-order valence-electron chi connectivity index (χ1n) is 9.56. The lowest BCUT2D eigenvalue weighted by Gasteiger charge is -2.29. The Hall–Kier alpha value is -2.12. The van der Waals surface area contributed by atoms with Crippen molar-refractivity contribution in [1.82, 2.24) is 4.90 Å². The van der Waals surface area contributed by atoms with E-state index in [4.69, 9.17) is 4.74 Å². The molecule has 0 spiro atoms. The Morgan fingerprint density at radius 3 is 2.48 bits per heavy atom. The zero-order chi connectivity index (χ0) is 20.8. The summed E-state index contributed by atoms with van der Waals surface area (Å²) in [6.45, 7) is 4.33. The van der Waals surface area contributed by atoms with E-state index in [1.54, 1.807) is 28.4 Å². The Balaban J connectivity index is 1.81. The van der Waals surface area contributed by atoms with Crippen LogP contribution in [0.4, 0.5) is 10.5 Å². The highest BCUT2D eigenvalue weighted by molar-refractivity contribution is 7.99. The van der Waals surface area contributed by atoms with Gasteiger partial charge in [-0.2, -0.15) is 0 Å². The second kappa shape index (κ2) is 10.1. The molecule has 1 saturated heterocycles. The van der Waals surface area contributed by atoms with Gasteiger partial charge in [0.2, 0.25) is 0 Å². The molecule has 1 aliphatic rings. The van der Waals surface area contributed by atoms with Gasteiger partial charge >= 0.3 is 12.0 Å². The number of ether oxygens (including phenoxy) is 1. The van der Waals surface area contributed by atoms with E-state index in [1.165, 1.54) is 0 Å². The third-order valence-corrected chi connectivity index (χ3v) is 6.56. The van der Waals surface area contributed by atoms with Gasteiger partial charge in [0.05, 0.1) is 6.61 Å². The van der Waals surface area contributed by atoms with Gasteiger partial charge in [0.25, 0.3) is 0 Å². The Morgan fingerprint density at radius 2 is 1.86 bits per heavy atom. The molecule has 1 fully saturated rings. The second-order valence-electron chi connectivity index (χ2n) is 7.20. The largest absolute Gasteiger partial charge is 0.464 e. The lowest BCUT2D eigenvalue weighted by Crippen LogP contribution is -2.46. The standard InChI is InChI=1S/C22H26N2O3S2/c1-15(2)13-27-21(25)19-14-29-20(16-7-5-4-6-8-16)24(19)22(26)23-17-9-11-18(28-3)12-10-17/h4-12,15,19-20H,13-14H2,1-3H3,(H,23,26). The number of amides is 2. The third-order valence-electron chi connectivity index (χ3n) is 4.49. The lowest BCUT2D eigenvalue weighted by atomic mass is 10.2. The summed E-state index contributed by atoms with van der Waals surface area (Å²) in [5, 5.41) is 2.70. The number of hydrogen-bond donors (Lipinski definition) is 1. The van der Waals surface area contributed by atoms with Gasteiger partial charge in [0.15, 0.2) is 0 Å². The Labute approximate surface area is 180 Å². The Morgan fingerprint density at radius 1 is 1.17 bits per heavy atom. The Bertz CT molecular complexity index is 828. The van der Waals surface area contributed by atoms with Crippen molar-refractivity contribution >= 4 is 41.2 Å². The van der Waals surface area contributed by atoms with Crippen LogP contribution in [0.3, 0.4) is 0 Å². The average Bonchev–Trinajstić information content (AvgIpc) is 3.18. The molecule has 2 amide bonds. The number of anilines is 1. The molecule has 0 bridgehead atoms. The summed E-state index contributed by atoms with van der Waals surface area (Å²) in [7, 11) is 0. The minimum atomic E-state index is -0.616. The van der Waals surface area contributed by atoms with E-state index in [9.17, 15) is 9.59 Å². The first-order chi connectivity index (χ1) is 14.0. The number of nitrogens with zero attached hydrogens (tertiary/aromatic N) is 1. The van der Waals surface area contributed by atoms with Gasteiger partial charge in [-0.3, -0.25) is 4.90 Å². The van der Waals surface area contributed by atoms with Crippen LogP contribution in [0.15, 0.2) is 59.5 Å². The SMILES string of the molecule is CSc1ccc(NC(=O)N2C(C(=O)OCC(C)C)CSC2c2ccccc2)cc1. The van der Waals surface area contributed by atoms with Crippen LogP contribution in [0.5, 0.6) is 0 Å². The van der Waals surface area contributed by atoms with Crippen LogP contribution in [-0.4, -0.2) is 41.6 Å². The van der Waals surface area contributed by atoms with Gasteiger partial charge in [0, 0.05) is 16.3 Å². The van der Waals surface area contributed by atoms with Crippen LogP contribution >= 0.6 is 23.5 Å². The number of urea groups is 1. The van der Waals surface area contributed by atoms with E-state index >= 15 is 0 Å². The van der Waals surface area contributed by atoms with Gasteiger partial charge in [-0.1, -0.05) is 44.2 Å². The molecule has 154 valence electrons. The minimum Gasteiger partial charge on any atom is -0.464 e. The molecule has 0 aromatic heterocycles. The lowest BCUT2D eigenvalue weighted by molar-refractivity contribution is -0.149. The van der Waals surface area contributed by atoms with Crippen LogP contribution < -0.4 is 5.32 Å². The summed E-state index contributed by atoms with van der Waals surface area (Å²) >= 11 is 3.22. The van der Waals surface area contributed by atoms with Crippen LogP contribution in [-0.2, 0) is 9.53 Å². The predicted octanol–water partition coefficient (Wildman–Crippen LogP) is 5.26. The summed E-state index contributed by atoms with van der Waals surface area (Å²) in [4.78, 5) is 28.7. The van der Waals surface area contributed by atoms with E-state index in [-0.39, 0.29) is 23.3 Å². The van der Waals surface area contributed by atoms with Crippen molar-refractivity contribution in [2.45, 2.75) is 30.2 Å². The number of benzene rings is 2. The van der Waals surface area contributed by atoms with Crippen molar-refractivity contribution in [3.05, 3.63) is 60.2 Å². The first kappa shape index (κ1) is 21.6. The fraction of sp³-hybridized carbons (Fsp3) is 0.364. The van der Waals surface area contributed by atoms with Gasteiger partial charge < -0.3 is 10.1 Å². The van der Waals surface area contributed by atoms with Crippen LogP contribution in [0.25, 0.3) is 0 Å². The number of carbonyl (C=O) groups excluding carboxylic acids is 2. The van der Waals surface area contributed by atoms with E-state index in [2.05, 4.69) is 5.32 Å². The fourth-order valence-electron chi connectivity index (χ4n) is 3.02. The van der Waals surface area contributed by atoms with Crippen molar-refractivity contribution in [2.24, 2.45) is 5.92 Å². The van der Waals surface area contributed by atoms with E-state index < -0.39 is 6.04 Å². The quantitative estimate of drug-likeness (QED) is 0.501. The molecular formula is C22H26N2O3S2. The molecule has 7 heteroatoms. The smallest absolute Gasteiger partial charge is 0.329 e. The van der Waals surface area contributed by atoms with E-state index in [1.807, 2.05) is 74.7 Å². The highest BCUT2D eigenvalue weighted by atomic mass is 32.2. The number of thioether (sulfide) groups is 2. The topological polar surface area (TPSA) is 58.6 Å². The number of esters is 1. The van der Waals surface area contributed by atoms with Crippen LogP contribution in [0.2, 0.25) is 0 Å². The molecule has 0 aliphatic carbocycles. The van der Waals surface area contributed by atoms with Crippen molar-refractivity contribution < 1.29 is 14.3 Å². The number of hydrogen-bond acceptors (Lipinski definition) is 5. The van der Waals surface area contributed by atoms with Crippen molar-refractivity contribution in [3.63, 3.8) is 0 Å². The Kier molecular flexibility index (Phi) is 7.50.